The van der Waals surface area contributed by atoms with Crippen LogP contribution in [0.3, 0.4) is 0 Å². The van der Waals surface area contributed by atoms with Gasteiger partial charge in [0.15, 0.2) is 0 Å². The minimum absolute atomic E-state index is 0.148. The van der Waals surface area contributed by atoms with Crippen molar-refractivity contribution in [1.29, 1.82) is 0 Å². The summed E-state index contributed by atoms with van der Waals surface area (Å²) in [7, 11) is 0. The summed E-state index contributed by atoms with van der Waals surface area (Å²) < 4.78 is 5.19. The molecule has 0 aliphatic carbocycles. The van der Waals surface area contributed by atoms with Crippen molar-refractivity contribution in [3.8, 4) is 0 Å². The van der Waals surface area contributed by atoms with E-state index in [0.29, 0.717) is 6.61 Å². The van der Waals surface area contributed by atoms with E-state index in [1.54, 1.807) is 0 Å². The predicted octanol–water partition coefficient (Wildman–Crippen LogP) is 4.51. The van der Waals surface area contributed by atoms with Crippen LogP contribution >= 0.6 is 0 Å². The first-order valence-corrected chi connectivity index (χ1v) is 7.73. The number of hydrogen-bond acceptors (Lipinski definition) is 2. The quantitative estimate of drug-likeness (QED) is 0.702. The third-order valence-electron chi connectivity index (χ3n) is 3.50. The summed E-state index contributed by atoms with van der Waals surface area (Å²) in [4.78, 5) is 12.1. The van der Waals surface area contributed by atoms with Gasteiger partial charge in [-0.05, 0) is 30.9 Å². The fraction of sp³-hybridized carbons (Fsp3) is 0.250. The summed E-state index contributed by atoms with van der Waals surface area (Å²) in [6.45, 7) is 2.26. The number of rotatable bonds is 7. The molecule has 22 heavy (non-hydrogen) atoms. The fourth-order valence-corrected chi connectivity index (χ4v) is 2.30. The number of carbonyl (C=O) groups is 1. The van der Waals surface area contributed by atoms with Crippen LogP contribution in [0.4, 0.5) is 0 Å². The number of ether oxygens (including phenoxy) is 1. The maximum Gasteiger partial charge on any atom is 0.312 e. The van der Waals surface area contributed by atoms with E-state index in [2.05, 4.69) is 12.1 Å². The van der Waals surface area contributed by atoms with Crippen LogP contribution < -0.4 is 0 Å². The second-order valence-electron chi connectivity index (χ2n) is 5.15. The van der Waals surface area contributed by atoms with Gasteiger partial charge in [0.1, 0.15) is 0 Å². The van der Waals surface area contributed by atoms with Gasteiger partial charge in [0.25, 0.3) is 0 Å². The highest BCUT2D eigenvalue weighted by Crippen LogP contribution is 2.15. The molecule has 0 amide bonds. The zero-order chi connectivity index (χ0) is 15.6. The minimum atomic E-state index is -0.208. The van der Waals surface area contributed by atoms with Crippen LogP contribution in [0.15, 0.2) is 66.7 Å². The highest BCUT2D eigenvalue weighted by atomic mass is 16.5. The van der Waals surface area contributed by atoms with Crippen LogP contribution in [0, 0.1) is 5.92 Å². The van der Waals surface area contributed by atoms with Crippen molar-refractivity contribution in [2.24, 2.45) is 5.92 Å². The Morgan fingerprint density at radius 1 is 1.05 bits per heavy atom. The smallest absolute Gasteiger partial charge is 0.312 e. The van der Waals surface area contributed by atoms with Crippen molar-refractivity contribution in [2.75, 3.05) is 6.61 Å². The van der Waals surface area contributed by atoms with Crippen molar-refractivity contribution >= 4 is 12.0 Å². The lowest BCUT2D eigenvalue weighted by Gasteiger charge is -2.11. The van der Waals surface area contributed by atoms with Gasteiger partial charge in [0, 0.05) is 0 Å². The molecule has 0 aromatic heterocycles. The fourth-order valence-electron chi connectivity index (χ4n) is 2.30. The summed E-state index contributed by atoms with van der Waals surface area (Å²) in [6.07, 6.45) is 5.57. The van der Waals surface area contributed by atoms with Gasteiger partial charge in [-0.25, -0.2) is 0 Å². The molecule has 114 valence electrons. The molecule has 0 aliphatic heterocycles. The standard InChI is InChI=1S/C20H22O2/c1-2-22-20(21)19(15-13-17-9-5-3-6-10-17)16-14-18-11-7-4-8-12-18/h3-13,15,19H,2,14,16H2,1H3/b15-13+/t19-/m1/s1. The molecule has 0 saturated heterocycles. The number of esters is 1. The van der Waals surface area contributed by atoms with Gasteiger partial charge in [0.05, 0.1) is 12.5 Å². The Morgan fingerprint density at radius 2 is 1.68 bits per heavy atom. The second-order valence-corrected chi connectivity index (χ2v) is 5.15. The first-order valence-electron chi connectivity index (χ1n) is 7.73. The molecule has 0 saturated carbocycles. The Labute approximate surface area is 132 Å². The normalized spacial score (nSPS) is 12.2. The maximum absolute atomic E-state index is 12.1. The van der Waals surface area contributed by atoms with E-state index < -0.39 is 0 Å². The third-order valence-corrected chi connectivity index (χ3v) is 3.50. The molecule has 0 heterocycles. The van der Waals surface area contributed by atoms with E-state index >= 15 is 0 Å². The topological polar surface area (TPSA) is 26.3 Å². The number of benzene rings is 2. The Bertz CT molecular complexity index is 588. The molecule has 2 nitrogen and oxygen atoms in total. The Hall–Kier alpha value is -2.35. The maximum atomic E-state index is 12.1. The summed E-state index contributed by atoms with van der Waals surface area (Å²) in [5, 5.41) is 0. The van der Waals surface area contributed by atoms with Gasteiger partial charge in [-0.15, -0.1) is 0 Å². The van der Waals surface area contributed by atoms with Crippen LogP contribution in [0.1, 0.15) is 24.5 Å². The Morgan fingerprint density at radius 3 is 2.32 bits per heavy atom. The zero-order valence-electron chi connectivity index (χ0n) is 12.9. The lowest BCUT2D eigenvalue weighted by Crippen LogP contribution is -2.16. The molecule has 0 bridgehead atoms. The van der Waals surface area contributed by atoms with Crippen molar-refractivity contribution in [3.05, 3.63) is 77.9 Å². The van der Waals surface area contributed by atoms with E-state index in [0.717, 1.165) is 18.4 Å². The highest BCUT2D eigenvalue weighted by molar-refractivity contribution is 5.76. The minimum Gasteiger partial charge on any atom is -0.466 e. The monoisotopic (exact) mass is 294 g/mol. The summed E-state index contributed by atoms with van der Waals surface area (Å²) in [6, 6.07) is 20.2. The van der Waals surface area contributed by atoms with Gasteiger partial charge in [-0.3, -0.25) is 4.79 Å². The molecule has 0 aliphatic rings. The largest absolute Gasteiger partial charge is 0.466 e. The van der Waals surface area contributed by atoms with Crippen LogP contribution in [0.5, 0.6) is 0 Å². The van der Waals surface area contributed by atoms with Gasteiger partial charge in [-0.2, -0.15) is 0 Å². The molecule has 0 fully saturated rings. The third kappa shape index (κ3) is 5.21. The van der Waals surface area contributed by atoms with E-state index in [4.69, 9.17) is 4.74 Å². The molecule has 0 N–H and O–H groups in total. The van der Waals surface area contributed by atoms with Gasteiger partial charge < -0.3 is 4.74 Å². The first kappa shape index (κ1) is 16.0. The Kier molecular flexibility index (Phi) is 6.43. The van der Waals surface area contributed by atoms with Crippen molar-refractivity contribution in [2.45, 2.75) is 19.8 Å². The molecule has 2 heteroatoms. The second kappa shape index (κ2) is 8.83. The van der Waals surface area contributed by atoms with Crippen LogP contribution in [0.2, 0.25) is 0 Å². The molecule has 0 radical (unpaired) electrons. The molecular weight excluding hydrogens is 272 g/mol. The number of aryl methyl sites for hydroxylation is 1. The highest BCUT2D eigenvalue weighted by Gasteiger charge is 2.16. The molecule has 0 unspecified atom stereocenters. The summed E-state index contributed by atoms with van der Waals surface area (Å²) in [5.74, 6) is -0.356. The van der Waals surface area contributed by atoms with E-state index in [-0.39, 0.29) is 11.9 Å². The van der Waals surface area contributed by atoms with Crippen LogP contribution in [-0.4, -0.2) is 12.6 Å². The van der Waals surface area contributed by atoms with Gasteiger partial charge >= 0.3 is 5.97 Å². The van der Waals surface area contributed by atoms with Crippen molar-refractivity contribution in [3.63, 3.8) is 0 Å². The Balaban J connectivity index is 2.02. The van der Waals surface area contributed by atoms with Crippen molar-refractivity contribution in [1.82, 2.24) is 0 Å². The van der Waals surface area contributed by atoms with E-state index in [1.165, 1.54) is 5.56 Å². The van der Waals surface area contributed by atoms with Gasteiger partial charge in [-0.1, -0.05) is 72.8 Å². The molecule has 2 aromatic carbocycles. The molecule has 1 atom stereocenters. The summed E-state index contributed by atoms with van der Waals surface area (Å²) >= 11 is 0. The van der Waals surface area contributed by atoms with Crippen LogP contribution in [-0.2, 0) is 16.0 Å². The molecule has 2 rings (SSSR count). The lowest BCUT2D eigenvalue weighted by molar-refractivity contribution is -0.146. The first-order chi connectivity index (χ1) is 10.8. The zero-order valence-corrected chi connectivity index (χ0v) is 12.9. The van der Waals surface area contributed by atoms with E-state index in [9.17, 15) is 4.79 Å². The summed E-state index contributed by atoms with van der Waals surface area (Å²) in [5.41, 5.74) is 2.33. The SMILES string of the molecule is CCOC(=O)[C@H](/C=C/c1ccccc1)CCc1ccccc1. The molecule has 0 spiro atoms. The number of hydrogen-bond donors (Lipinski definition) is 0. The molecule has 2 aromatic rings. The molecular formula is C20H22O2. The average Bonchev–Trinajstić information content (AvgIpc) is 2.57. The van der Waals surface area contributed by atoms with E-state index in [1.807, 2.05) is 67.6 Å². The predicted molar refractivity (Wildman–Crippen MR) is 90.4 cm³/mol. The average molecular weight is 294 g/mol. The lowest BCUT2D eigenvalue weighted by atomic mass is 9.98. The van der Waals surface area contributed by atoms with Crippen LogP contribution in [0.25, 0.3) is 6.08 Å². The van der Waals surface area contributed by atoms with Gasteiger partial charge in [0.2, 0.25) is 0 Å². The number of carbonyl (C=O) groups excluding carboxylic acids is 1. The van der Waals surface area contributed by atoms with Crippen molar-refractivity contribution < 1.29 is 9.53 Å².